The van der Waals surface area contributed by atoms with E-state index >= 15 is 0 Å². The van der Waals surface area contributed by atoms with E-state index in [0.29, 0.717) is 11.3 Å². The summed E-state index contributed by atoms with van der Waals surface area (Å²) in [5, 5.41) is 0. The number of amides is 1. The van der Waals surface area contributed by atoms with Crippen LogP contribution in [-0.2, 0) is 14.3 Å². The molecule has 1 amide bonds. The van der Waals surface area contributed by atoms with Crippen molar-refractivity contribution in [2.24, 2.45) is 0 Å². The highest BCUT2D eigenvalue weighted by atomic mass is 16.5. The highest BCUT2D eigenvalue weighted by Crippen LogP contribution is 2.45. The number of fused-ring (bicyclic) bond motifs is 3. The van der Waals surface area contributed by atoms with Crippen molar-refractivity contribution in [2.45, 2.75) is 6.04 Å². The van der Waals surface area contributed by atoms with E-state index in [0.717, 1.165) is 18.2 Å². The molecule has 6 heteroatoms. The summed E-state index contributed by atoms with van der Waals surface area (Å²) in [7, 11) is 1.14. The highest BCUT2D eigenvalue weighted by molar-refractivity contribution is 6.38. The van der Waals surface area contributed by atoms with Crippen molar-refractivity contribution in [3.05, 3.63) is 78.3 Å². The van der Waals surface area contributed by atoms with E-state index in [1.54, 1.807) is 30.3 Å². The SMILES string of the molecule is COC(=O)C(=O)C1c2ccccc2-c2ccccc2N1C(=O)c1ccco1. The van der Waals surface area contributed by atoms with E-state index in [2.05, 4.69) is 4.74 Å². The number of para-hydroxylation sites is 1. The zero-order valence-corrected chi connectivity index (χ0v) is 14.4. The monoisotopic (exact) mass is 361 g/mol. The molecule has 0 aliphatic carbocycles. The second-order valence-corrected chi connectivity index (χ2v) is 6.02. The average molecular weight is 361 g/mol. The van der Waals surface area contributed by atoms with E-state index in [-0.39, 0.29) is 5.76 Å². The van der Waals surface area contributed by atoms with Crippen molar-refractivity contribution in [1.82, 2.24) is 0 Å². The van der Waals surface area contributed by atoms with Gasteiger partial charge >= 0.3 is 5.97 Å². The van der Waals surface area contributed by atoms with Crippen LogP contribution in [0.25, 0.3) is 11.1 Å². The summed E-state index contributed by atoms with van der Waals surface area (Å²) < 4.78 is 9.88. The van der Waals surface area contributed by atoms with Gasteiger partial charge in [0.15, 0.2) is 5.76 Å². The van der Waals surface area contributed by atoms with Crippen LogP contribution in [0.15, 0.2) is 71.3 Å². The van der Waals surface area contributed by atoms with Gasteiger partial charge in [0.2, 0.25) is 0 Å². The number of esters is 1. The first-order valence-electron chi connectivity index (χ1n) is 8.31. The number of benzene rings is 2. The van der Waals surface area contributed by atoms with Gasteiger partial charge in [-0.3, -0.25) is 14.5 Å². The lowest BCUT2D eigenvalue weighted by Crippen LogP contribution is -2.44. The molecule has 0 fully saturated rings. The van der Waals surface area contributed by atoms with Crippen LogP contribution in [0.3, 0.4) is 0 Å². The summed E-state index contributed by atoms with van der Waals surface area (Å²) >= 11 is 0. The fraction of sp³-hybridized carbons (Fsp3) is 0.0952. The van der Waals surface area contributed by atoms with Crippen molar-refractivity contribution in [2.75, 3.05) is 12.0 Å². The Morgan fingerprint density at radius 3 is 2.33 bits per heavy atom. The molecule has 0 N–H and O–H groups in total. The molecule has 2 heterocycles. The fourth-order valence-corrected chi connectivity index (χ4v) is 3.39. The van der Waals surface area contributed by atoms with Gasteiger partial charge in [0.1, 0.15) is 6.04 Å². The molecule has 1 atom stereocenters. The number of nitrogens with zero attached hydrogens (tertiary/aromatic N) is 1. The van der Waals surface area contributed by atoms with Gasteiger partial charge in [0, 0.05) is 5.56 Å². The Balaban J connectivity index is 1.97. The van der Waals surface area contributed by atoms with Crippen LogP contribution in [0.2, 0.25) is 0 Å². The largest absolute Gasteiger partial charge is 0.463 e. The number of hydrogen-bond donors (Lipinski definition) is 0. The maximum atomic E-state index is 13.2. The first-order chi connectivity index (χ1) is 13.1. The van der Waals surface area contributed by atoms with Gasteiger partial charge in [0.05, 0.1) is 19.1 Å². The number of rotatable bonds is 3. The van der Waals surface area contributed by atoms with Crippen molar-refractivity contribution in [3.63, 3.8) is 0 Å². The third-order valence-electron chi connectivity index (χ3n) is 4.55. The van der Waals surface area contributed by atoms with E-state index in [9.17, 15) is 14.4 Å². The molecule has 0 saturated carbocycles. The molecule has 6 nitrogen and oxygen atoms in total. The number of hydrogen-bond acceptors (Lipinski definition) is 5. The molecule has 1 unspecified atom stereocenters. The van der Waals surface area contributed by atoms with Crippen LogP contribution in [0.4, 0.5) is 5.69 Å². The molecule has 0 radical (unpaired) electrons. The standard InChI is InChI=1S/C21H15NO5/c1-26-21(25)19(23)18-15-9-3-2-7-13(15)14-8-4-5-10-16(14)22(18)20(24)17-11-6-12-27-17/h2-12,18H,1H3. The van der Waals surface area contributed by atoms with Crippen molar-refractivity contribution in [1.29, 1.82) is 0 Å². The number of carbonyl (C=O) groups excluding carboxylic acids is 3. The van der Waals surface area contributed by atoms with E-state index in [4.69, 9.17) is 4.42 Å². The van der Waals surface area contributed by atoms with Crippen LogP contribution in [0.1, 0.15) is 22.2 Å². The minimum atomic E-state index is -1.14. The number of furan rings is 1. The predicted octanol–water partition coefficient (Wildman–Crippen LogP) is 3.39. The van der Waals surface area contributed by atoms with Crippen LogP contribution in [0.5, 0.6) is 0 Å². The zero-order chi connectivity index (χ0) is 19.0. The zero-order valence-electron chi connectivity index (χ0n) is 14.4. The second-order valence-electron chi connectivity index (χ2n) is 6.02. The molecule has 2 aromatic carbocycles. The van der Waals surface area contributed by atoms with Gasteiger partial charge in [-0.05, 0) is 29.3 Å². The van der Waals surface area contributed by atoms with Gasteiger partial charge in [-0.2, -0.15) is 0 Å². The summed E-state index contributed by atoms with van der Waals surface area (Å²) in [6.07, 6.45) is 1.38. The summed E-state index contributed by atoms with van der Waals surface area (Å²) in [4.78, 5) is 39.4. The summed E-state index contributed by atoms with van der Waals surface area (Å²) in [5.41, 5.74) is 2.67. The Kier molecular flexibility index (Phi) is 4.08. The number of anilines is 1. The number of carbonyl (C=O) groups is 3. The summed E-state index contributed by atoms with van der Waals surface area (Å²) in [6.45, 7) is 0. The quantitative estimate of drug-likeness (QED) is 0.528. The lowest BCUT2D eigenvalue weighted by molar-refractivity contribution is -0.152. The van der Waals surface area contributed by atoms with Crippen molar-refractivity contribution >= 4 is 23.3 Å². The molecule has 0 saturated heterocycles. The van der Waals surface area contributed by atoms with Crippen LogP contribution in [0, 0.1) is 0 Å². The van der Waals surface area contributed by atoms with Gasteiger partial charge in [-0.25, -0.2) is 4.79 Å². The minimum absolute atomic E-state index is 0.0758. The predicted molar refractivity (Wildman–Crippen MR) is 97.2 cm³/mol. The summed E-state index contributed by atoms with van der Waals surface area (Å²) in [6, 6.07) is 16.4. The maximum Gasteiger partial charge on any atom is 0.376 e. The molecule has 1 aromatic heterocycles. The second kappa shape index (κ2) is 6.57. The Labute approximate surface area is 155 Å². The minimum Gasteiger partial charge on any atom is -0.463 e. The molecule has 4 rings (SSSR count). The summed E-state index contributed by atoms with van der Waals surface area (Å²) in [5.74, 6) is -2.26. The Hall–Kier alpha value is -3.67. The molecule has 0 spiro atoms. The average Bonchev–Trinajstić information content (AvgIpc) is 3.26. The van der Waals surface area contributed by atoms with Crippen molar-refractivity contribution < 1.29 is 23.5 Å². The number of ether oxygens (including phenoxy) is 1. The lowest BCUT2D eigenvalue weighted by Gasteiger charge is -2.36. The fourth-order valence-electron chi connectivity index (χ4n) is 3.39. The normalized spacial score (nSPS) is 14.9. The number of Topliss-reactive ketones (excluding diaryl/α,β-unsaturated/α-hetero) is 1. The first-order valence-corrected chi connectivity index (χ1v) is 8.31. The molecular weight excluding hydrogens is 346 g/mol. The van der Waals surface area contributed by atoms with Gasteiger partial charge in [0.25, 0.3) is 11.7 Å². The lowest BCUT2D eigenvalue weighted by atomic mass is 9.86. The number of methoxy groups -OCH3 is 1. The molecule has 27 heavy (non-hydrogen) atoms. The third-order valence-corrected chi connectivity index (χ3v) is 4.55. The van der Waals surface area contributed by atoms with E-state index in [1.807, 2.05) is 24.3 Å². The molecular formula is C21H15NO5. The molecule has 1 aliphatic rings. The Morgan fingerprint density at radius 2 is 1.63 bits per heavy atom. The van der Waals surface area contributed by atoms with E-state index < -0.39 is 23.7 Å². The molecule has 0 bridgehead atoms. The molecule has 1 aliphatic heterocycles. The van der Waals surface area contributed by atoms with Crippen LogP contribution in [-0.4, -0.2) is 24.8 Å². The Morgan fingerprint density at radius 1 is 0.926 bits per heavy atom. The third kappa shape index (κ3) is 2.62. The van der Waals surface area contributed by atoms with Gasteiger partial charge < -0.3 is 9.15 Å². The van der Waals surface area contributed by atoms with Gasteiger partial charge in [-0.1, -0.05) is 42.5 Å². The molecule has 134 valence electrons. The van der Waals surface area contributed by atoms with Crippen LogP contribution < -0.4 is 4.90 Å². The van der Waals surface area contributed by atoms with E-state index in [1.165, 1.54) is 17.2 Å². The smallest absolute Gasteiger partial charge is 0.376 e. The van der Waals surface area contributed by atoms with Gasteiger partial charge in [-0.15, -0.1) is 0 Å². The Bertz CT molecular complexity index is 1040. The highest BCUT2D eigenvalue weighted by Gasteiger charge is 2.42. The first kappa shape index (κ1) is 16.8. The van der Waals surface area contributed by atoms with Crippen LogP contribution >= 0.6 is 0 Å². The van der Waals surface area contributed by atoms with Crippen molar-refractivity contribution in [3.8, 4) is 11.1 Å². The topological polar surface area (TPSA) is 76.8 Å². The molecule has 3 aromatic rings. The maximum absolute atomic E-state index is 13.2. The number of ketones is 1.